The molecule has 6 nitrogen and oxygen atoms in total. The average Bonchev–Trinajstić information content (AvgIpc) is 3.18. The fourth-order valence-corrected chi connectivity index (χ4v) is 3.91. The molecule has 1 fully saturated rings. The Morgan fingerprint density at radius 2 is 2.23 bits per heavy atom. The number of aryl methyl sites for hydroxylation is 1. The largest absolute Gasteiger partial charge is 0.361 e. The number of aromatic nitrogens is 2. The summed E-state index contributed by atoms with van der Waals surface area (Å²) in [7, 11) is 0. The zero-order valence-electron chi connectivity index (χ0n) is 14.8. The lowest BCUT2D eigenvalue weighted by Crippen LogP contribution is -2.34. The number of hydrogen-bond donors (Lipinski definition) is 1. The van der Waals surface area contributed by atoms with Gasteiger partial charge in [0.1, 0.15) is 10.8 Å². The summed E-state index contributed by atoms with van der Waals surface area (Å²) in [6, 6.07) is 5.75. The topological polar surface area (TPSA) is 85.2 Å². The first-order valence-electron chi connectivity index (χ1n) is 8.09. The van der Waals surface area contributed by atoms with Gasteiger partial charge in [0.05, 0.1) is 11.3 Å². The molecule has 2 aromatic heterocycles. The molecule has 1 amide bonds. The molecule has 1 aliphatic heterocycles. The molecule has 9 heteroatoms. The van der Waals surface area contributed by atoms with Gasteiger partial charge in [-0.25, -0.2) is 4.98 Å². The second-order valence-electron chi connectivity index (χ2n) is 6.22. The maximum atomic E-state index is 13.0. The highest BCUT2D eigenvalue weighted by molar-refractivity contribution is 7.98. The molecule has 0 radical (unpaired) electrons. The molecule has 0 saturated carbocycles. The summed E-state index contributed by atoms with van der Waals surface area (Å²) < 4.78 is 5.08. The van der Waals surface area contributed by atoms with Gasteiger partial charge >= 0.3 is 0 Å². The van der Waals surface area contributed by atoms with Crippen LogP contribution in [-0.4, -0.2) is 40.1 Å². The summed E-state index contributed by atoms with van der Waals surface area (Å²) in [6.07, 6.45) is 2.67. The standard InChI is InChI=1S/C17H22N4O2S.2ClH/c1-11-6-13(8-18)9-21(11)17(22)15-4-3-5-19-16(15)24-10-14-7-12(2)23-20-14;;/h3-5,7,11,13H,6,8-10,18H2,1-2H3;2*1H. The molecule has 144 valence electrons. The summed E-state index contributed by atoms with van der Waals surface area (Å²) in [5.41, 5.74) is 7.26. The van der Waals surface area contributed by atoms with E-state index < -0.39 is 0 Å². The van der Waals surface area contributed by atoms with Crippen molar-refractivity contribution in [1.82, 2.24) is 15.0 Å². The van der Waals surface area contributed by atoms with E-state index >= 15 is 0 Å². The Bertz CT molecular complexity index is 728. The van der Waals surface area contributed by atoms with Crippen LogP contribution in [0.2, 0.25) is 0 Å². The molecule has 3 heterocycles. The van der Waals surface area contributed by atoms with Gasteiger partial charge in [0, 0.05) is 30.6 Å². The number of amides is 1. The maximum Gasteiger partial charge on any atom is 0.256 e. The van der Waals surface area contributed by atoms with Gasteiger partial charge in [0.15, 0.2) is 0 Å². The molecule has 26 heavy (non-hydrogen) atoms. The van der Waals surface area contributed by atoms with Crippen LogP contribution in [-0.2, 0) is 5.75 Å². The molecule has 0 aromatic carbocycles. The highest BCUT2D eigenvalue weighted by atomic mass is 35.5. The van der Waals surface area contributed by atoms with Crippen molar-refractivity contribution in [3.8, 4) is 0 Å². The third kappa shape index (κ3) is 5.13. The fraction of sp³-hybridized carbons (Fsp3) is 0.471. The molecule has 2 N–H and O–H groups in total. The van der Waals surface area contributed by atoms with Crippen LogP contribution in [0, 0.1) is 12.8 Å². The molecule has 2 aromatic rings. The Hall–Kier alpha value is -1.28. The minimum Gasteiger partial charge on any atom is -0.361 e. The molecule has 0 spiro atoms. The minimum atomic E-state index is 0. The number of thioether (sulfide) groups is 1. The Kier molecular flexibility index (Phi) is 8.89. The first-order chi connectivity index (χ1) is 11.6. The highest BCUT2D eigenvalue weighted by Crippen LogP contribution is 2.29. The average molecular weight is 419 g/mol. The molecular formula is C17H24Cl2N4O2S. The van der Waals surface area contributed by atoms with Crippen LogP contribution in [0.5, 0.6) is 0 Å². The SMILES string of the molecule is Cc1cc(CSc2ncccc2C(=O)N2CC(CN)CC2C)no1.Cl.Cl. The van der Waals surface area contributed by atoms with Crippen LogP contribution in [0.4, 0.5) is 0 Å². The highest BCUT2D eigenvalue weighted by Gasteiger charge is 2.33. The third-order valence-electron chi connectivity index (χ3n) is 4.29. The molecule has 2 unspecified atom stereocenters. The van der Waals surface area contributed by atoms with Crippen molar-refractivity contribution in [3.63, 3.8) is 0 Å². The van der Waals surface area contributed by atoms with Gasteiger partial charge in [-0.15, -0.1) is 24.8 Å². The van der Waals surface area contributed by atoms with Gasteiger partial charge in [-0.2, -0.15) is 0 Å². The van der Waals surface area contributed by atoms with Crippen molar-refractivity contribution in [2.24, 2.45) is 11.7 Å². The normalized spacial score (nSPS) is 19.0. The summed E-state index contributed by atoms with van der Waals surface area (Å²) in [5, 5.41) is 4.71. The number of pyridine rings is 1. The number of likely N-dealkylation sites (tertiary alicyclic amines) is 1. The van der Waals surface area contributed by atoms with Crippen molar-refractivity contribution in [3.05, 3.63) is 41.4 Å². The van der Waals surface area contributed by atoms with E-state index in [9.17, 15) is 4.79 Å². The Morgan fingerprint density at radius 1 is 1.46 bits per heavy atom. The molecule has 3 rings (SSSR count). The van der Waals surface area contributed by atoms with Gasteiger partial charge in [-0.3, -0.25) is 4.79 Å². The van der Waals surface area contributed by atoms with Crippen LogP contribution < -0.4 is 5.73 Å². The minimum absolute atomic E-state index is 0. The van der Waals surface area contributed by atoms with Crippen LogP contribution in [0.25, 0.3) is 0 Å². The summed E-state index contributed by atoms with van der Waals surface area (Å²) in [6.45, 7) is 5.28. The number of carbonyl (C=O) groups is 1. The van der Waals surface area contributed by atoms with E-state index in [1.807, 2.05) is 24.0 Å². The van der Waals surface area contributed by atoms with Crippen LogP contribution in [0.1, 0.15) is 35.2 Å². The number of halogens is 2. The van der Waals surface area contributed by atoms with Crippen LogP contribution in [0.15, 0.2) is 33.9 Å². The van der Waals surface area contributed by atoms with E-state index in [1.54, 1.807) is 12.3 Å². The number of rotatable bonds is 5. The van der Waals surface area contributed by atoms with Crippen molar-refractivity contribution < 1.29 is 9.32 Å². The Labute approximate surface area is 170 Å². The van der Waals surface area contributed by atoms with Gasteiger partial charge in [-0.1, -0.05) is 16.9 Å². The number of nitrogens with two attached hydrogens (primary N) is 1. The predicted octanol–water partition coefficient (Wildman–Crippen LogP) is 3.32. The molecule has 1 aliphatic rings. The zero-order valence-corrected chi connectivity index (χ0v) is 17.2. The van der Waals surface area contributed by atoms with Gasteiger partial charge < -0.3 is 15.2 Å². The van der Waals surface area contributed by atoms with Crippen molar-refractivity contribution in [1.29, 1.82) is 0 Å². The molecule has 2 atom stereocenters. The first-order valence-corrected chi connectivity index (χ1v) is 9.08. The zero-order chi connectivity index (χ0) is 17.1. The molecule has 1 saturated heterocycles. The lowest BCUT2D eigenvalue weighted by molar-refractivity contribution is 0.0739. The van der Waals surface area contributed by atoms with E-state index in [-0.39, 0.29) is 36.8 Å². The second kappa shape index (κ2) is 10.2. The lowest BCUT2D eigenvalue weighted by atomic mass is 10.1. The van der Waals surface area contributed by atoms with E-state index in [1.165, 1.54) is 11.8 Å². The van der Waals surface area contributed by atoms with Gasteiger partial charge in [0.25, 0.3) is 5.91 Å². The van der Waals surface area contributed by atoms with Crippen LogP contribution in [0.3, 0.4) is 0 Å². The second-order valence-corrected chi connectivity index (χ2v) is 7.18. The molecular weight excluding hydrogens is 395 g/mol. The predicted molar refractivity (Wildman–Crippen MR) is 107 cm³/mol. The Morgan fingerprint density at radius 3 is 2.85 bits per heavy atom. The maximum absolute atomic E-state index is 13.0. The monoisotopic (exact) mass is 418 g/mol. The van der Waals surface area contributed by atoms with Crippen molar-refractivity contribution in [2.75, 3.05) is 13.1 Å². The van der Waals surface area contributed by atoms with Crippen molar-refractivity contribution in [2.45, 2.75) is 37.1 Å². The summed E-state index contributed by atoms with van der Waals surface area (Å²) in [5.74, 6) is 1.82. The molecule has 0 bridgehead atoms. The van der Waals surface area contributed by atoms with Crippen LogP contribution >= 0.6 is 36.6 Å². The fourth-order valence-electron chi connectivity index (χ4n) is 3.05. The first kappa shape index (κ1) is 22.8. The van der Waals surface area contributed by atoms with E-state index in [2.05, 4.69) is 17.1 Å². The van der Waals surface area contributed by atoms with E-state index in [0.717, 1.165) is 29.4 Å². The van der Waals surface area contributed by atoms with Crippen molar-refractivity contribution >= 4 is 42.5 Å². The molecule has 0 aliphatic carbocycles. The Balaban J connectivity index is 0.00000169. The third-order valence-corrected chi connectivity index (χ3v) is 5.33. The van der Waals surface area contributed by atoms with E-state index in [4.69, 9.17) is 10.3 Å². The van der Waals surface area contributed by atoms with Gasteiger partial charge in [-0.05, 0) is 44.9 Å². The van der Waals surface area contributed by atoms with Gasteiger partial charge in [0.2, 0.25) is 0 Å². The number of hydrogen-bond acceptors (Lipinski definition) is 6. The van der Waals surface area contributed by atoms with E-state index in [0.29, 0.717) is 23.8 Å². The number of nitrogens with zero attached hydrogens (tertiary/aromatic N) is 3. The smallest absolute Gasteiger partial charge is 0.256 e. The summed E-state index contributed by atoms with van der Waals surface area (Å²) >= 11 is 1.50. The summed E-state index contributed by atoms with van der Waals surface area (Å²) in [4.78, 5) is 19.3. The quantitative estimate of drug-likeness (QED) is 0.749. The lowest BCUT2D eigenvalue weighted by Gasteiger charge is -2.22. The number of carbonyl (C=O) groups excluding carboxylic acids is 1.